The fourth-order valence-electron chi connectivity index (χ4n) is 7.35. The highest BCUT2D eigenvalue weighted by Gasteiger charge is 2.59. The fraction of sp³-hybridized carbons (Fsp3) is 1.00. The number of methoxy groups -OCH3 is 1. The lowest BCUT2D eigenvalue weighted by atomic mass is 9.64. The van der Waals surface area contributed by atoms with E-state index in [0.717, 1.165) is 11.8 Å². The molecule has 3 nitrogen and oxygen atoms in total. The Labute approximate surface area is 160 Å². The van der Waals surface area contributed by atoms with E-state index in [0.29, 0.717) is 17.9 Å². The smallest absolute Gasteiger partial charge is 0.111 e. The Morgan fingerprint density at radius 1 is 0.808 bits per heavy atom. The van der Waals surface area contributed by atoms with Crippen molar-refractivity contribution in [1.82, 2.24) is 4.90 Å². The number of hydrogen-bond acceptors (Lipinski definition) is 3. The van der Waals surface area contributed by atoms with Crippen molar-refractivity contribution in [1.29, 1.82) is 0 Å². The Morgan fingerprint density at radius 3 is 2.42 bits per heavy atom. The zero-order valence-electron chi connectivity index (χ0n) is 16.9. The van der Waals surface area contributed by atoms with Crippen LogP contribution in [-0.4, -0.2) is 42.0 Å². The van der Waals surface area contributed by atoms with Gasteiger partial charge in [0.25, 0.3) is 0 Å². The molecule has 4 aliphatic carbocycles. The Bertz CT molecular complexity index is 500. The Balaban J connectivity index is 1.26. The first-order valence-electron chi connectivity index (χ1n) is 11.7. The number of ether oxygens (including phenoxy) is 2. The molecule has 2 heterocycles. The number of rotatable bonds is 3. The molecule has 148 valence electrons. The highest BCUT2D eigenvalue weighted by Crippen LogP contribution is 2.57. The van der Waals surface area contributed by atoms with Gasteiger partial charge in [-0.3, -0.25) is 4.90 Å². The van der Waals surface area contributed by atoms with Crippen LogP contribution in [0.5, 0.6) is 0 Å². The van der Waals surface area contributed by atoms with Crippen molar-refractivity contribution >= 4 is 0 Å². The molecule has 6 fully saturated rings. The number of hydrogen-bond donors (Lipinski definition) is 0. The van der Waals surface area contributed by atoms with E-state index in [-0.39, 0.29) is 5.60 Å². The van der Waals surface area contributed by atoms with E-state index in [9.17, 15) is 0 Å². The van der Waals surface area contributed by atoms with Crippen LogP contribution in [0.3, 0.4) is 0 Å². The van der Waals surface area contributed by atoms with Crippen molar-refractivity contribution in [3.63, 3.8) is 0 Å². The van der Waals surface area contributed by atoms with Crippen molar-refractivity contribution < 1.29 is 9.47 Å². The molecule has 0 N–H and O–H groups in total. The van der Waals surface area contributed by atoms with E-state index in [4.69, 9.17) is 9.47 Å². The lowest BCUT2D eigenvalue weighted by molar-refractivity contribution is -0.138. The van der Waals surface area contributed by atoms with Crippen LogP contribution in [0.15, 0.2) is 0 Å². The summed E-state index contributed by atoms with van der Waals surface area (Å²) in [5.41, 5.74) is 0.724. The molecule has 4 atom stereocenters. The SMILES string of the molecule is COC12CCC(CCCC(OC3CC4CCC45CCCCN35)CC1)CC2. The highest BCUT2D eigenvalue weighted by atomic mass is 16.5. The first kappa shape index (κ1) is 17.9. The average Bonchev–Trinajstić information content (AvgIpc) is 2.89. The lowest BCUT2D eigenvalue weighted by Gasteiger charge is -2.53. The molecule has 2 saturated heterocycles. The summed E-state index contributed by atoms with van der Waals surface area (Å²) in [6, 6.07) is 0. The van der Waals surface area contributed by atoms with Crippen LogP contribution in [0.25, 0.3) is 0 Å². The lowest BCUT2D eigenvalue weighted by Crippen LogP contribution is -2.58. The summed E-state index contributed by atoms with van der Waals surface area (Å²) in [6.07, 6.45) is 21.2. The summed E-state index contributed by atoms with van der Waals surface area (Å²) in [5, 5.41) is 0. The second-order valence-corrected chi connectivity index (χ2v) is 10.2. The molecule has 3 heteroatoms. The maximum absolute atomic E-state index is 6.90. The Kier molecular flexibility index (Phi) is 4.86. The second-order valence-electron chi connectivity index (χ2n) is 10.2. The van der Waals surface area contributed by atoms with E-state index >= 15 is 0 Å². The molecule has 1 spiro atoms. The second kappa shape index (κ2) is 7.04. The maximum atomic E-state index is 6.90. The predicted octanol–water partition coefficient (Wildman–Crippen LogP) is 5.28. The molecule has 0 aromatic carbocycles. The summed E-state index contributed by atoms with van der Waals surface area (Å²) >= 11 is 0. The topological polar surface area (TPSA) is 21.7 Å². The molecule has 2 bridgehead atoms. The van der Waals surface area contributed by atoms with Crippen molar-refractivity contribution in [3.05, 3.63) is 0 Å². The van der Waals surface area contributed by atoms with Crippen LogP contribution in [-0.2, 0) is 9.47 Å². The third-order valence-electron chi connectivity index (χ3n) is 9.21. The van der Waals surface area contributed by atoms with Crippen LogP contribution in [0.4, 0.5) is 0 Å². The molecule has 0 amide bonds. The number of piperidine rings is 1. The van der Waals surface area contributed by atoms with E-state index in [1.807, 2.05) is 7.11 Å². The normalized spacial score (nSPS) is 49.3. The van der Waals surface area contributed by atoms with Gasteiger partial charge < -0.3 is 9.47 Å². The fourth-order valence-corrected chi connectivity index (χ4v) is 7.35. The number of nitrogens with zero attached hydrogens (tertiary/aromatic N) is 1. The van der Waals surface area contributed by atoms with Crippen molar-refractivity contribution in [3.8, 4) is 0 Å². The van der Waals surface area contributed by atoms with Gasteiger partial charge in [-0.2, -0.15) is 0 Å². The van der Waals surface area contributed by atoms with E-state index < -0.39 is 0 Å². The third-order valence-corrected chi connectivity index (χ3v) is 9.21. The molecule has 6 rings (SSSR count). The first-order valence-corrected chi connectivity index (χ1v) is 11.7. The molecule has 0 aromatic rings. The van der Waals surface area contributed by atoms with E-state index in [2.05, 4.69) is 4.90 Å². The van der Waals surface area contributed by atoms with Gasteiger partial charge in [-0.1, -0.05) is 19.3 Å². The van der Waals surface area contributed by atoms with Gasteiger partial charge in [-0.15, -0.1) is 0 Å². The third kappa shape index (κ3) is 2.97. The van der Waals surface area contributed by atoms with Gasteiger partial charge in [0.05, 0.1) is 11.7 Å². The van der Waals surface area contributed by atoms with Crippen LogP contribution >= 0.6 is 0 Å². The zero-order valence-corrected chi connectivity index (χ0v) is 16.9. The monoisotopic (exact) mass is 361 g/mol. The quantitative estimate of drug-likeness (QED) is 0.683. The van der Waals surface area contributed by atoms with Gasteiger partial charge in [0.15, 0.2) is 0 Å². The van der Waals surface area contributed by atoms with Crippen molar-refractivity contribution in [2.75, 3.05) is 13.7 Å². The summed E-state index contributed by atoms with van der Waals surface area (Å²) in [6.45, 7) is 1.29. The van der Waals surface area contributed by atoms with E-state index in [1.165, 1.54) is 103 Å². The maximum Gasteiger partial charge on any atom is 0.111 e. The van der Waals surface area contributed by atoms with Gasteiger partial charge in [0.2, 0.25) is 0 Å². The first-order chi connectivity index (χ1) is 12.7. The molecule has 6 aliphatic rings. The van der Waals surface area contributed by atoms with Crippen molar-refractivity contribution in [2.45, 2.75) is 120 Å². The average molecular weight is 362 g/mol. The molecular formula is C23H39NO2. The van der Waals surface area contributed by atoms with E-state index in [1.54, 1.807) is 0 Å². The minimum atomic E-state index is 0.163. The van der Waals surface area contributed by atoms with Crippen molar-refractivity contribution in [2.24, 2.45) is 11.8 Å². The molecule has 4 unspecified atom stereocenters. The Morgan fingerprint density at radius 2 is 1.65 bits per heavy atom. The van der Waals surface area contributed by atoms with Gasteiger partial charge in [0.1, 0.15) is 6.23 Å². The van der Waals surface area contributed by atoms with Gasteiger partial charge in [-0.25, -0.2) is 0 Å². The van der Waals surface area contributed by atoms with Gasteiger partial charge in [0, 0.05) is 19.2 Å². The molecule has 0 aromatic heterocycles. The highest BCUT2D eigenvalue weighted by molar-refractivity contribution is 5.12. The van der Waals surface area contributed by atoms with Crippen LogP contribution in [0.1, 0.15) is 96.3 Å². The zero-order chi connectivity index (χ0) is 17.6. The van der Waals surface area contributed by atoms with Gasteiger partial charge in [-0.05, 0) is 88.9 Å². The minimum absolute atomic E-state index is 0.163. The molecule has 0 radical (unpaired) electrons. The summed E-state index contributed by atoms with van der Waals surface area (Å²) in [5.74, 6) is 1.89. The largest absolute Gasteiger partial charge is 0.378 e. The minimum Gasteiger partial charge on any atom is -0.378 e. The Hall–Kier alpha value is -0.120. The standard InChI is InChI=1S/C23H39NO2/c1-25-22-12-7-18(8-13-22)5-4-6-20(10-14-22)26-21-17-19-9-15-23(19)11-2-3-16-24(21)23/h18-21H,2-17H2,1H3. The van der Waals surface area contributed by atoms with Gasteiger partial charge >= 0.3 is 0 Å². The predicted molar refractivity (Wildman–Crippen MR) is 104 cm³/mol. The van der Waals surface area contributed by atoms with Crippen LogP contribution in [0, 0.1) is 11.8 Å². The molecule has 26 heavy (non-hydrogen) atoms. The summed E-state index contributed by atoms with van der Waals surface area (Å²) < 4.78 is 13.0. The van der Waals surface area contributed by atoms with Crippen LogP contribution in [0.2, 0.25) is 0 Å². The molecule has 2 aliphatic heterocycles. The number of fused-ring (bicyclic) bond motifs is 7. The van der Waals surface area contributed by atoms with Crippen LogP contribution < -0.4 is 0 Å². The summed E-state index contributed by atoms with van der Waals surface area (Å²) in [4.78, 5) is 2.82. The molecular weight excluding hydrogens is 322 g/mol. The molecule has 4 saturated carbocycles. The summed E-state index contributed by atoms with van der Waals surface area (Å²) in [7, 11) is 1.95.